The number of hydrogen-bond acceptors (Lipinski definition) is 4. The SMILES string of the molecule is CCn1cc(C=C2Oc3cc(OCc4ccc(F)cc4)ccc3C2=O)c2cc(OC)ccc21. The number of Topliss-reactive ketones (excluding diaryl/α,β-unsaturated/α-hetero) is 1. The van der Waals surface area contributed by atoms with Crippen molar-refractivity contribution in [2.75, 3.05) is 7.11 Å². The van der Waals surface area contributed by atoms with Gasteiger partial charge in [-0.3, -0.25) is 4.79 Å². The summed E-state index contributed by atoms with van der Waals surface area (Å²) in [6, 6.07) is 17.2. The highest BCUT2D eigenvalue weighted by Gasteiger charge is 2.28. The lowest BCUT2D eigenvalue weighted by molar-refractivity contribution is 0.101. The summed E-state index contributed by atoms with van der Waals surface area (Å²) in [4.78, 5) is 13.0. The van der Waals surface area contributed by atoms with Crippen molar-refractivity contribution in [3.8, 4) is 17.2 Å². The van der Waals surface area contributed by atoms with Gasteiger partial charge in [-0.25, -0.2) is 4.39 Å². The highest BCUT2D eigenvalue weighted by molar-refractivity contribution is 6.15. The van der Waals surface area contributed by atoms with E-state index in [-0.39, 0.29) is 24.0 Å². The summed E-state index contributed by atoms with van der Waals surface area (Å²) in [5.41, 5.74) is 3.28. The number of allylic oxidation sites excluding steroid dienone is 1. The van der Waals surface area contributed by atoms with E-state index in [1.165, 1.54) is 12.1 Å². The predicted molar refractivity (Wildman–Crippen MR) is 124 cm³/mol. The van der Waals surface area contributed by atoms with E-state index in [0.29, 0.717) is 17.1 Å². The number of hydrogen-bond donors (Lipinski definition) is 0. The molecule has 6 heteroatoms. The number of rotatable bonds is 6. The number of ketones is 1. The Morgan fingerprint density at radius 1 is 1.03 bits per heavy atom. The van der Waals surface area contributed by atoms with Crippen molar-refractivity contribution in [3.63, 3.8) is 0 Å². The Bertz CT molecular complexity index is 1390. The van der Waals surface area contributed by atoms with Gasteiger partial charge in [-0.15, -0.1) is 0 Å². The average molecular weight is 443 g/mol. The van der Waals surface area contributed by atoms with Crippen molar-refractivity contribution >= 4 is 22.8 Å². The summed E-state index contributed by atoms with van der Waals surface area (Å²) in [5.74, 6) is 1.58. The minimum atomic E-state index is -0.289. The topological polar surface area (TPSA) is 49.7 Å². The first-order valence-electron chi connectivity index (χ1n) is 10.7. The predicted octanol–water partition coefficient (Wildman–Crippen LogP) is 6.00. The first-order valence-corrected chi connectivity index (χ1v) is 10.7. The maximum Gasteiger partial charge on any atom is 0.231 e. The second kappa shape index (κ2) is 8.47. The van der Waals surface area contributed by atoms with Crippen LogP contribution in [0.2, 0.25) is 0 Å². The molecule has 1 aliphatic heterocycles. The number of methoxy groups -OCH3 is 1. The molecule has 0 atom stereocenters. The molecule has 0 aliphatic carbocycles. The molecule has 0 radical (unpaired) electrons. The molecule has 166 valence electrons. The standard InChI is InChI=1S/C27H22FNO4/c1-3-29-15-18(23-13-20(31-2)9-11-24(23)29)12-26-27(30)22-10-8-21(14-25(22)33-26)32-16-17-4-6-19(28)7-5-17/h4-15H,3,16H2,1-2H3. The number of carbonyl (C=O) groups excluding carboxylic acids is 1. The van der Waals surface area contributed by atoms with Crippen LogP contribution in [0.25, 0.3) is 17.0 Å². The largest absolute Gasteiger partial charge is 0.497 e. The Morgan fingerprint density at radius 3 is 2.58 bits per heavy atom. The van der Waals surface area contributed by atoms with Crippen molar-refractivity contribution in [1.82, 2.24) is 4.57 Å². The van der Waals surface area contributed by atoms with Crippen molar-refractivity contribution in [1.29, 1.82) is 0 Å². The van der Waals surface area contributed by atoms with Crippen LogP contribution in [0.1, 0.15) is 28.4 Å². The van der Waals surface area contributed by atoms with Gasteiger partial charge in [0.15, 0.2) is 5.76 Å². The van der Waals surface area contributed by atoms with Gasteiger partial charge < -0.3 is 18.8 Å². The highest BCUT2D eigenvalue weighted by atomic mass is 19.1. The quantitative estimate of drug-likeness (QED) is 0.343. The zero-order valence-corrected chi connectivity index (χ0v) is 18.3. The summed E-state index contributed by atoms with van der Waals surface area (Å²) >= 11 is 0. The Kier molecular flexibility index (Phi) is 5.34. The molecule has 0 N–H and O–H groups in total. The number of ether oxygens (including phenoxy) is 3. The molecule has 0 saturated carbocycles. The van der Waals surface area contributed by atoms with E-state index in [4.69, 9.17) is 14.2 Å². The Balaban J connectivity index is 1.41. The van der Waals surface area contributed by atoms with Crippen LogP contribution in [0.4, 0.5) is 4.39 Å². The van der Waals surface area contributed by atoms with Gasteiger partial charge >= 0.3 is 0 Å². The summed E-state index contributed by atoms with van der Waals surface area (Å²) in [5, 5.41) is 0.986. The first-order chi connectivity index (χ1) is 16.1. The molecule has 0 unspecified atom stereocenters. The van der Waals surface area contributed by atoms with Crippen LogP contribution >= 0.6 is 0 Å². The third-order valence-corrected chi connectivity index (χ3v) is 5.71. The molecule has 2 heterocycles. The monoisotopic (exact) mass is 443 g/mol. The van der Waals surface area contributed by atoms with Gasteiger partial charge in [0.1, 0.15) is 29.7 Å². The van der Waals surface area contributed by atoms with Gasteiger partial charge in [-0.05, 0) is 61.0 Å². The van der Waals surface area contributed by atoms with E-state index in [1.807, 2.05) is 24.4 Å². The van der Waals surface area contributed by atoms with Crippen LogP contribution in [0.3, 0.4) is 0 Å². The van der Waals surface area contributed by atoms with E-state index < -0.39 is 0 Å². The second-order valence-corrected chi connectivity index (χ2v) is 7.77. The number of carbonyl (C=O) groups is 1. The molecule has 5 nitrogen and oxygen atoms in total. The first kappa shape index (κ1) is 20.8. The zero-order valence-electron chi connectivity index (χ0n) is 18.3. The van der Waals surface area contributed by atoms with Crippen molar-refractivity contribution in [3.05, 3.63) is 95.1 Å². The lowest BCUT2D eigenvalue weighted by atomic mass is 10.1. The lowest BCUT2D eigenvalue weighted by Crippen LogP contribution is -1.98. The maximum absolute atomic E-state index is 13.1. The Labute approximate surface area is 190 Å². The molecule has 3 aromatic carbocycles. The molecule has 0 bridgehead atoms. The minimum absolute atomic E-state index is 0.171. The van der Waals surface area contributed by atoms with E-state index >= 15 is 0 Å². The fourth-order valence-electron chi connectivity index (χ4n) is 3.95. The van der Waals surface area contributed by atoms with Gasteiger partial charge in [0, 0.05) is 35.3 Å². The Morgan fingerprint density at radius 2 is 1.82 bits per heavy atom. The van der Waals surface area contributed by atoms with E-state index in [0.717, 1.165) is 34.3 Å². The molecule has 0 saturated heterocycles. The highest BCUT2D eigenvalue weighted by Crippen LogP contribution is 2.36. The van der Waals surface area contributed by atoms with E-state index in [2.05, 4.69) is 11.5 Å². The van der Waals surface area contributed by atoms with Gasteiger partial charge in [0.25, 0.3) is 0 Å². The number of fused-ring (bicyclic) bond motifs is 2. The van der Waals surface area contributed by atoms with Crippen molar-refractivity contribution in [2.24, 2.45) is 0 Å². The molecule has 0 fully saturated rings. The summed E-state index contributed by atoms with van der Waals surface area (Å²) in [7, 11) is 1.63. The lowest BCUT2D eigenvalue weighted by Gasteiger charge is -2.07. The summed E-state index contributed by atoms with van der Waals surface area (Å²) < 4.78 is 32.3. The molecular formula is C27H22FNO4. The molecule has 5 rings (SSSR count). The third kappa shape index (κ3) is 3.96. The Hall–Kier alpha value is -4.06. The molecule has 0 spiro atoms. The fourth-order valence-corrected chi connectivity index (χ4v) is 3.95. The van der Waals surface area contributed by atoms with Crippen LogP contribution in [-0.2, 0) is 13.2 Å². The van der Waals surface area contributed by atoms with Crippen molar-refractivity contribution in [2.45, 2.75) is 20.1 Å². The van der Waals surface area contributed by atoms with Gasteiger partial charge in [0.05, 0.1) is 12.7 Å². The normalized spacial score (nSPS) is 13.9. The number of nitrogens with zero attached hydrogens (tertiary/aromatic N) is 1. The summed E-state index contributed by atoms with van der Waals surface area (Å²) in [6.45, 7) is 3.16. The molecular weight excluding hydrogens is 421 g/mol. The van der Waals surface area contributed by atoms with Crippen LogP contribution in [0.15, 0.2) is 72.6 Å². The molecule has 1 aromatic heterocycles. The molecule has 4 aromatic rings. The van der Waals surface area contributed by atoms with Crippen LogP contribution in [0, 0.1) is 5.82 Å². The second-order valence-electron chi connectivity index (χ2n) is 7.77. The maximum atomic E-state index is 13.1. The molecule has 33 heavy (non-hydrogen) atoms. The number of aryl methyl sites for hydroxylation is 1. The van der Waals surface area contributed by atoms with Gasteiger partial charge in [-0.1, -0.05) is 12.1 Å². The van der Waals surface area contributed by atoms with E-state index in [9.17, 15) is 9.18 Å². The molecule has 0 amide bonds. The average Bonchev–Trinajstić information content (AvgIpc) is 3.35. The van der Waals surface area contributed by atoms with E-state index in [1.54, 1.807) is 43.5 Å². The minimum Gasteiger partial charge on any atom is -0.497 e. The fraction of sp³-hybridized carbons (Fsp3) is 0.148. The zero-order chi connectivity index (χ0) is 22.9. The summed E-state index contributed by atoms with van der Waals surface area (Å²) in [6.07, 6.45) is 3.78. The molecule has 1 aliphatic rings. The van der Waals surface area contributed by atoms with Crippen molar-refractivity contribution < 1.29 is 23.4 Å². The number of benzene rings is 3. The van der Waals surface area contributed by atoms with Gasteiger partial charge in [0.2, 0.25) is 5.78 Å². The van der Waals surface area contributed by atoms with Crippen LogP contribution in [-0.4, -0.2) is 17.5 Å². The van der Waals surface area contributed by atoms with Crippen LogP contribution < -0.4 is 14.2 Å². The number of halogens is 1. The van der Waals surface area contributed by atoms with Gasteiger partial charge in [-0.2, -0.15) is 0 Å². The third-order valence-electron chi connectivity index (χ3n) is 5.71. The smallest absolute Gasteiger partial charge is 0.231 e. The van der Waals surface area contributed by atoms with Crippen LogP contribution in [0.5, 0.6) is 17.2 Å². The number of aromatic nitrogens is 1.